The van der Waals surface area contributed by atoms with Crippen LogP contribution in [0, 0.1) is 0 Å². The Morgan fingerprint density at radius 2 is 1.06 bits per heavy atom. The highest BCUT2D eigenvalue weighted by Crippen LogP contribution is 2.38. The van der Waals surface area contributed by atoms with Gasteiger partial charge in [-0.3, -0.25) is 0 Å². The number of fused-ring (bicyclic) bond motifs is 5. The molecule has 0 radical (unpaired) electrons. The molecule has 1 heterocycles. The molecule has 2 heteroatoms. The van der Waals surface area contributed by atoms with E-state index in [4.69, 9.17) is 4.42 Å². The molecule has 0 bridgehead atoms. The van der Waals surface area contributed by atoms with Gasteiger partial charge in [-0.15, -0.1) is 0 Å². The summed E-state index contributed by atoms with van der Waals surface area (Å²) < 4.78 is 6.34. The first kappa shape index (κ1) is 20.5. The standard InChI is InChI=1S/C34H23NO/c1-2-7-23(8-3-1)24-13-15-25(16-14-24)26-17-20-28(21-18-26)35-31-12-6-11-30-33-29-10-5-4-9-27(29)19-22-32(33)36-34(30)31/h1-22,35H. The topological polar surface area (TPSA) is 25.2 Å². The van der Waals surface area contributed by atoms with Crippen LogP contribution < -0.4 is 5.32 Å². The molecule has 0 aliphatic heterocycles. The second-order valence-electron chi connectivity index (χ2n) is 9.09. The number of anilines is 2. The zero-order valence-electron chi connectivity index (χ0n) is 19.6. The van der Waals surface area contributed by atoms with E-state index in [1.54, 1.807) is 0 Å². The third-order valence-corrected chi connectivity index (χ3v) is 6.88. The molecular weight excluding hydrogens is 438 g/mol. The van der Waals surface area contributed by atoms with Crippen LogP contribution in [-0.4, -0.2) is 0 Å². The SMILES string of the molecule is c1ccc(-c2ccc(-c3ccc(Nc4cccc5c4oc4ccc6ccccc6c45)cc3)cc2)cc1. The average molecular weight is 462 g/mol. The van der Waals surface area contributed by atoms with Gasteiger partial charge in [0, 0.05) is 16.5 Å². The van der Waals surface area contributed by atoms with Crippen molar-refractivity contribution in [1.29, 1.82) is 0 Å². The fraction of sp³-hybridized carbons (Fsp3) is 0. The van der Waals surface area contributed by atoms with Gasteiger partial charge < -0.3 is 9.73 Å². The minimum absolute atomic E-state index is 0.879. The molecule has 7 rings (SSSR count). The quantitative estimate of drug-likeness (QED) is 0.282. The predicted molar refractivity (Wildman–Crippen MR) is 152 cm³/mol. The molecule has 0 amide bonds. The molecule has 0 fully saturated rings. The molecular formula is C34H23NO. The number of hydrogen-bond acceptors (Lipinski definition) is 2. The van der Waals surface area contributed by atoms with Gasteiger partial charge in [0.05, 0.1) is 5.69 Å². The van der Waals surface area contributed by atoms with Crippen molar-refractivity contribution in [2.45, 2.75) is 0 Å². The fourth-order valence-electron chi connectivity index (χ4n) is 5.05. The largest absolute Gasteiger partial charge is 0.454 e. The summed E-state index contributed by atoms with van der Waals surface area (Å²) in [6.07, 6.45) is 0. The van der Waals surface area contributed by atoms with Gasteiger partial charge in [0.15, 0.2) is 5.58 Å². The Kier molecular flexibility index (Phi) is 4.82. The van der Waals surface area contributed by atoms with Crippen molar-refractivity contribution in [3.8, 4) is 22.3 Å². The summed E-state index contributed by atoms with van der Waals surface area (Å²) in [5.74, 6) is 0. The van der Waals surface area contributed by atoms with Gasteiger partial charge >= 0.3 is 0 Å². The van der Waals surface area contributed by atoms with Crippen LogP contribution in [-0.2, 0) is 0 Å². The Hall–Kier alpha value is -4.82. The molecule has 2 nitrogen and oxygen atoms in total. The van der Waals surface area contributed by atoms with Gasteiger partial charge in [0.1, 0.15) is 5.58 Å². The van der Waals surface area contributed by atoms with Gasteiger partial charge in [-0.1, -0.05) is 109 Å². The van der Waals surface area contributed by atoms with Crippen LogP contribution in [0.15, 0.2) is 138 Å². The normalized spacial score (nSPS) is 11.3. The van der Waals surface area contributed by atoms with Gasteiger partial charge in [0.2, 0.25) is 0 Å². The molecule has 0 aliphatic rings. The van der Waals surface area contributed by atoms with E-state index >= 15 is 0 Å². The van der Waals surface area contributed by atoms with Crippen molar-refractivity contribution in [3.05, 3.63) is 133 Å². The third kappa shape index (κ3) is 3.52. The van der Waals surface area contributed by atoms with E-state index < -0.39 is 0 Å². The highest BCUT2D eigenvalue weighted by Gasteiger charge is 2.13. The van der Waals surface area contributed by atoms with E-state index in [0.29, 0.717) is 0 Å². The van der Waals surface area contributed by atoms with E-state index in [-0.39, 0.29) is 0 Å². The summed E-state index contributed by atoms with van der Waals surface area (Å²) in [5.41, 5.74) is 8.63. The van der Waals surface area contributed by atoms with Crippen molar-refractivity contribution >= 4 is 44.1 Å². The Bertz CT molecular complexity index is 1830. The molecule has 0 atom stereocenters. The number of nitrogens with one attached hydrogen (secondary N) is 1. The average Bonchev–Trinajstić information content (AvgIpc) is 3.34. The lowest BCUT2D eigenvalue weighted by molar-refractivity contribution is 0.670. The van der Waals surface area contributed by atoms with Crippen LogP contribution >= 0.6 is 0 Å². The molecule has 7 aromatic rings. The second-order valence-corrected chi connectivity index (χ2v) is 9.09. The zero-order chi connectivity index (χ0) is 23.9. The molecule has 6 aromatic carbocycles. The predicted octanol–water partition coefficient (Wildman–Crippen LogP) is 9.82. The second kappa shape index (κ2) is 8.44. The smallest absolute Gasteiger partial charge is 0.158 e. The van der Waals surface area contributed by atoms with E-state index in [0.717, 1.165) is 27.9 Å². The lowest BCUT2D eigenvalue weighted by Crippen LogP contribution is -1.90. The van der Waals surface area contributed by atoms with E-state index in [2.05, 4.69) is 133 Å². The van der Waals surface area contributed by atoms with Gasteiger partial charge in [-0.05, 0) is 57.3 Å². The monoisotopic (exact) mass is 461 g/mol. The van der Waals surface area contributed by atoms with Gasteiger partial charge in [-0.2, -0.15) is 0 Å². The Morgan fingerprint density at radius 3 is 1.81 bits per heavy atom. The number of furan rings is 1. The van der Waals surface area contributed by atoms with Crippen molar-refractivity contribution in [3.63, 3.8) is 0 Å². The molecule has 1 N–H and O–H groups in total. The first-order chi connectivity index (χ1) is 17.8. The summed E-state index contributed by atoms with van der Waals surface area (Å²) in [5, 5.41) is 8.30. The van der Waals surface area contributed by atoms with Gasteiger partial charge in [0.25, 0.3) is 0 Å². The summed E-state index contributed by atoms with van der Waals surface area (Å²) in [6, 6.07) is 46.7. The molecule has 36 heavy (non-hydrogen) atoms. The lowest BCUT2D eigenvalue weighted by atomic mass is 10.0. The lowest BCUT2D eigenvalue weighted by Gasteiger charge is -2.09. The number of rotatable bonds is 4. The Labute approximate surface area is 209 Å². The maximum absolute atomic E-state index is 6.34. The minimum atomic E-state index is 0.879. The molecule has 0 saturated carbocycles. The maximum Gasteiger partial charge on any atom is 0.158 e. The maximum atomic E-state index is 6.34. The summed E-state index contributed by atoms with van der Waals surface area (Å²) in [6.45, 7) is 0. The van der Waals surface area contributed by atoms with Crippen molar-refractivity contribution < 1.29 is 4.42 Å². The summed E-state index contributed by atoms with van der Waals surface area (Å²) in [4.78, 5) is 0. The van der Waals surface area contributed by atoms with Crippen molar-refractivity contribution in [1.82, 2.24) is 0 Å². The Morgan fingerprint density at radius 1 is 0.444 bits per heavy atom. The molecule has 170 valence electrons. The summed E-state index contributed by atoms with van der Waals surface area (Å²) >= 11 is 0. The van der Waals surface area contributed by atoms with Crippen LogP contribution in [0.3, 0.4) is 0 Å². The minimum Gasteiger partial charge on any atom is -0.454 e. The highest BCUT2D eigenvalue weighted by atomic mass is 16.3. The Balaban J connectivity index is 1.20. The number of benzene rings is 6. The summed E-state index contributed by atoms with van der Waals surface area (Å²) in [7, 11) is 0. The van der Waals surface area contributed by atoms with Crippen LogP contribution in [0.4, 0.5) is 11.4 Å². The van der Waals surface area contributed by atoms with Gasteiger partial charge in [-0.25, -0.2) is 0 Å². The third-order valence-electron chi connectivity index (χ3n) is 6.88. The number of para-hydroxylation sites is 1. The highest BCUT2D eigenvalue weighted by molar-refractivity contribution is 6.20. The molecule has 1 aromatic heterocycles. The van der Waals surface area contributed by atoms with E-state index in [1.807, 2.05) is 6.07 Å². The van der Waals surface area contributed by atoms with Crippen molar-refractivity contribution in [2.24, 2.45) is 0 Å². The molecule has 0 aliphatic carbocycles. The number of hydrogen-bond donors (Lipinski definition) is 1. The van der Waals surface area contributed by atoms with Crippen LogP contribution in [0.5, 0.6) is 0 Å². The van der Waals surface area contributed by atoms with E-state index in [9.17, 15) is 0 Å². The van der Waals surface area contributed by atoms with Crippen LogP contribution in [0.1, 0.15) is 0 Å². The molecule has 0 saturated heterocycles. The van der Waals surface area contributed by atoms with Crippen molar-refractivity contribution in [2.75, 3.05) is 5.32 Å². The van der Waals surface area contributed by atoms with Crippen LogP contribution in [0.2, 0.25) is 0 Å². The van der Waals surface area contributed by atoms with Crippen LogP contribution in [0.25, 0.3) is 55.0 Å². The fourth-order valence-corrected chi connectivity index (χ4v) is 5.05. The first-order valence-corrected chi connectivity index (χ1v) is 12.2. The van der Waals surface area contributed by atoms with E-state index in [1.165, 1.54) is 38.4 Å². The molecule has 0 unspecified atom stereocenters. The molecule has 0 spiro atoms. The zero-order valence-corrected chi connectivity index (χ0v) is 19.6. The first-order valence-electron chi connectivity index (χ1n) is 12.2.